The van der Waals surface area contributed by atoms with E-state index >= 15 is 0 Å². The van der Waals surface area contributed by atoms with Crippen molar-refractivity contribution >= 4 is 11.7 Å². The maximum Gasteiger partial charge on any atom is 0.244 e. The number of nitrogens with two attached hydrogens (primary N) is 1. The van der Waals surface area contributed by atoms with Crippen LogP contribution in [0.2, 0.25) is 0 Å². The SMILES string of the molecule is CC(C)(C)N1CCN(C(=O)Cn2ccc(N)n2)CC1. The number of piperazine rings is 1. The zero-order valence-corrected chi connectivity index (χ0v) is 12.0. The van der Waals surface area contributed by atoms with Gasteiger partial charge in [0.2, 0.25) is 5.91 Å². The molecule has 1 aliphatic rings. The van der Waals surface area contributed by atoms with E-state index in [-0.39, 0.29) is 18.0 Å². The molecule has 6 heteroatoms. The lowest BCUT2D eigenvalue weighted by Gasteiger charge is -2.42. The fourth-order valence-corrected chi connectivity index (χ4v) is 2.33. The Morgan fingerprint density at radius 3 is 2.42 bits per heavy atom. The average molecular weight is 265 g/mol. The summed E-state index contributed by atoms with van der Waals surface area (Å²) in [5, 5.41) is 4.04. The van der Waals surface area contributed by atoms with Crippen LogP contribution in [0, 0.1) is 0 Å². The van der Waals surface area contributed by atoms with E-state index in [1.54, 1.807) is 16.9 Å². The first-order valence-electron chi connectivity index (χ1n) is 6.68. The van der Waals surface area contributed by atoms with Gasteiger partial charge in [-0.05, 0) is 26.8 Å². The Labute approximate surface area is 114 Å². The summed E-state index contributed by atoms with van der Waals surface area (Å²) >= 11 is 0. The van der Waals surface area contributed by atoms with Crippen molar-refractivity contribution in [3.8, 4) is 0 Å². The van der Waals surface area contributed by atoms with E-state index in [4.69, 9.17) is 5.73 Å². The molecule has 1 amide bonds. The number of hydrogen-bond donors (Lipinski definition) is 1. The van der Waals surface area contributed by atoms with E-state index < -0.39 is 0 Å². The van der Waals surface area contributed by atoms with Gasteiger partial charge in [0.05, 0.1) is 0 Å². The van der Waals surface area contributed by atoms with Gasteiger partial charge in [0.15, 0.2) is 0 Å². The standard InChI is InChI=1S/C13H23N5O/c1-13(2,3)17-8-6-16(7-9-17)12(19)10-18-5-4-11(14)15-18/h4-5H,6-10H2,1-3H3,(H2,14,15). The summed E-state index contributed by atoms with van der Waals surface area (Å²) in [6, 6.07) is 1.70. The second-order valence-electron chi connectivity index (χ2n) is 5.98. The van der Waals surface area contributed by atoms with Crippen molar-refractivity contribution in [1.82, 2.24) is 19.6 Å². The third-order valence-corrected chi connectivity index (χ3v) is 3.54. The molecule has 19 heavy (non-hydrogen) atoms. The summed E-state index contributed by atoms with van der Waals surface area (Å²) in [5.74, 6) is 0.557. The molecule has 1 saturated heterocycles. The van der Waals surface area contributed by atoms with Crippen LogP contribution in [0.1, 0.15) is 20.8 Å². The number of aromatic nitrogens is 2. The van der Waals surface area contributed by atoms with Gasteiger partial charge in [-0.25, -0.2) is 0 Å². The van der Waals surface area contributed by atoms with E-state index in [1.807, 2.05) is 4.90 Å². The molecule has 1 aromatic heterocycles. The molecule has 1 aliphatic heterocycles. The van der Waals surface area contributed by atoms with Crippen LogP contribution in [0.4, 0.5) is 5.82 Å². The van der Waals surface area contributed by atoms with Crippen molar-refractivity contribution in [2.75, 3.05) is 31.9 Å². The third-order valence-electron chi connectivity index (χ3n) is 3.54. The maximum absolute atomic E-state index is 12.1. The van der Waals surface area contributed by atoms with Gasteiger partial charge >= 0.3 is 0 Å². The number of carbonyl (C=O) groups is 1. The zero-order valence-electron chi connectivity index (χ0n) is 12.0. The second kappa shape index (κ2) is 5.21. The van der Waals surface area contributed by atoms with E-state index in [0.717, 1.165) is 26.2 Å². The molecule has 0 radical (unpaired) electrons. The summed E-state index contributed by atoms with van der Waals surface area (Å²) in [5.41, 5.74) is 5.71. The van der Waals surface area contributed by atoms with Crippen LogP contribution in [0.3, 0.4) is 0 Å². The average Bonchev–Trinajstić information content (AvgIpc) is 2.74. The number of anilines is 1. The van der Waals surface area contributed by atoms with Gasteiger partial charge in [0.1, 0.15) is 12.4 Å². The predicted molar refractivity (Wildman–Crippen MR) is 74.5 cm³/mol. The molecule has 0 unspecified atom stereocenters. The molecule has 1 aromatic rings. The molecular formula is C13H23N5O. The number of nitrogen functional groups attached to an aromatic ring is 1. The Hall–Kier alpha value is -1.56. The highest BCUT2D eigenvalue weighted by atomic mass is 16.2. The van der Waals surface area contributed by atoms with E-state index in [9.17, 15) is 4.79 Å². The largest absolute Gasteiger partial charge is 0.382 e. The summed E-state index contributed by atoms with van der Waals surface area (Å²) in [6.07, 6.45) is 1.73. The Morgan fingerprint density at radius 2 is 1.95 bits per heavy atom. The Bertz CT molecular complexity index is 440. The van der Waals surface area contributed by atoms with Crippen LogP contribution in [0.25, 0.3) is 0 Å². The first-order chi connectivity index (χ1) is 8.86. The molecule has 1 fully saturated rings. The predicted octanol–water partition coefficient (Wildman–Crippen LogP) is 0.408. The molecule has 2 rings (SSSR count). The molecule has 0 spiro atoms. The number of rotatable bonds is 2. The molecular weight excluding hydrogens is 242 g/mol. The number of carbonyl (C=O) groups excluding carboxylic acids is 1. The van der Waals surface area contributed by atoms with Crippen LogP contribution in [0.5, 0.6) is 0 Å². The normalized spacial score (nSPS) is 17.7. The Morgan fingerprint density at radius 1 is 1.32 bits per heavy atom. The molecule has 0 bridgehead atoms. The van der Waals surface area contributed by atoms with E-state index in [0.29, 0.717) is 5.82 Å². The highest BCUT2D eigenvalue weighted by molar-refractivity contribution is 5.76. The van der Waals surface area contributed by atoms with E-state index in [1.165, 1.54) is 0 Å². The van der Waals surface area contributed by atoms with Gasteiger partial charge < -0.3 is 10.6 Å². The van der Waals surface area contributed by atoms with Crippen molar-refractivity contribution in [2.45, 2.75) is 32.9 Å². The van der Waals surface area contributed by atoms with Crippen molar-refractivity contribution in [2.24, 2.45) is 0 Å². The minimum atomic E-state index is 0.108. The lowest BCUT2D eigenvalue weighted by atomic mass is 10.1. The maximum atomic E-state index is 12.1. The lowest BCUT2D eigenvalue weighted by molar-refractivity contribution is -0.134. The molecule has 106 valence electrons. The summed E-state index contributed by atoms with van der Waals surface area (Å²) in [6.45, 7) is 10.3. The van der Waals surface area contributed by atoms with Crippen LogP contribution in [-0.4, -0.2) is 57.2 Å². The van der Waals surface area contributed by atoms with Gasteiger partial charge in [-0.1, -0.05) is 0 Å². The fraction of sp³-hybridized carbons (Fsp3) is 0.692. The summed E-state index contributed by atoms with van der Waals surface area (Å²) in [7, 11) is 0. The van der Waals surface area contributed by atoms with Crippen LogP contribution in [0.15, 0.2) is 12.3 Å². The molecule has 0 aliphatic carbocycles. The van der Waals surface area contributed by atoms with Gasteiger partial charge in [-0.15, -0.1) is 0 Å². The minimum Gasteiger partial charge on any atom is -0.382 e. The van der Waals surface area contributed by atoms with Gasteiger partial charge in [-0.3, -0.25) is 14.4 Å². The second-order valence-corrected chi connectivity index (χ2v) is 5.98. The molecule has 0 aromatic carbocycles. The topological polar surface area (TPSA) is 67.4 Å². The van der Waals surface area contributed by atoms with Crippen molar-refractivity contribution in [3.63, 3.8) is 0 Å². The Kier molecular flexibility index (Phi) is 3.80. The van der Waals surface area contributed by atoms with Crippen LogP contribution >= 0.6 is 0 Å². The quantitative estimate of drug-likeness (QED) is 0.841. The number of nitrogens with zero attached hydrogens (tertiary/aromatic N) is 4. The molecule has 6 nitrogen and oxygen atoms in total. The van der Waals surface area contributed by atoms with Crippen molar-refractivity contribution in [3.05, 3.63) is 12.3 Å². The van der Waals surface area contributed by atoms with Gasteiger partial charge in [0.25, 0.3) is 0 Å². The first kappa shape index (κ1) is 13.9. The fourth-order valence-electron chi connectivity index (χ4n) is 2.33. The van der Waals surface area contributed by atoms with Gasteiger partial charge in [0, 0.05) is 37.9 Å². The third kappa shape index (κ3) is 3.47. The monoisotopic (exact) mass is 265 g/mol. The molecule has 0 atom stereocenters. The summed E-state index contributed by atoms with van der Waals surface area (Å²) < 4.78 is 1.59. The highest BCUT2D eigenvalue weighted by Crippen LogP contribution is 2.15. The summed E-state index contributed by atoms with van der Waals surface area (Å²) in [4.78, 5) is 16.4. The van der Waals surface area contributed by atoms with Gasteiger partial charge in [-0.2, -0.15) is 5.10 Å². The van der Waals surface area contributed by atoms with Crippen molar-refractivity contribution < 1.29 is 4.79 Å². The highest BCUT2D eigenvalue weighted by Gasteiger charge is 2.27. The number of hydrogen-bond acceptors (Lipinski definition) is 4. The molecule has 2 heterocycles. The first-order valence-corrected chi connectivity index (χ1v) is 6.68. The molecule has 2 N–H and O–H groups in total. The smallest absolute Gasteiger partial charge is 0.244 e. The van der Waals surface area contributed by atoms with E-state index in [2.05, 4.69) is 30.8 Å². The zero-order chi connectivity index (χ0) is 14.0. The minimum absolute atomic E-state index is 0.108. The molecule has 0 saturated carbocycles. The Balaban J connectivity index is 1.86. The van der Waals surface area contributed by atoms with Crippen LogP contribution < -0.4 is 5.73 Å². The lowest BCUT2D eigenvalue weighted by Crippen LogP contribution is -2.55. The van der Waals surface area contributed by atoms with Crippen molar-refractivity contribution in [1.29, 1.82) is 0 Å². The van der Waals surface area contributed by atoms with Crippen LogP contribution in [-0.2, 0) is 11.3 Å². The number of amides is 1.